The molecule has 0 saturated carbocycles. The molecule has 0 aliphatic carbocycles. The van der Waals surface area contributed by atoms with Gasteiger partial charge in [-0.2, -0.15) is 5.10 Å². The zero-order valence-electron chi connectivity index (χ0n) is 10.7. The van der Waals surface area contributed by atoms with Crippen LogP contribution in [-0.4, -0.2) is 29.3 Å². The van der Waals surface area contributed by atoms with E-state index < -0.39 is 0 Å². The topological polar surface area (TPSA) is 67.0 Å². The van der Waals surface area contributed by atoms with Crippen LogP contribution in [0, 0.1) is 5.92 Å². The molecule has 2 aromatic rings. The van der Waals surface area contributed by atoms with Gasteiger partial charge < -0.3 is 10.1 Å². The number of carbonyl (C=O) groups is 1. The highest BCUT2D eigenvalue weighted by molar-refractivity contribution is 9.11. The first-order chi connectivity index (χ1) is 9.72. The van der Waals surface area contributed by atoms with Crippen molar-refractivity contribution < 1.29 is 9.53 Å². The summed E-state index contributed by atoms with van der Waals surface area (Å²) in [6, 6.07) is 5.85. The van der Waals surface area contributed by atoms with E-state index in [-0.39, 0.29) is 11.8 Å². The Morgan fingerprint density at radius 3 is 2.95 bits per heavy atom. The number of H-pyrrole nitrogens is 1. The molecule has 3 rings (SSSR count). The lowest BCUT2D eigenvalue weighted by molar-refractivity contribution is -0.122. The fourth-order valence-corrected chi connectivity index (χ4v) is 3.51. The molecule has 1 aliphatic rings. The molecule has 5 nitrogen and oxygen atoms in total. The summed E-state index contributed by atoms with van der Waals surface area (Å²) in [5, 5.41) is 9.95. The summed E-state index contributed by atoms with van der Waals surface area (Å²) in [4.78, 5) is 13.2. The normalized spacial score (nSPS) is 16.2. The molecule has 20 heavy (non-hydrogen) atoms. The van der Waals surface area contributed by atoms with E-state index in [1.165, 1.54) is 0 Å². The van der Waals surface area contributed by atoms with E-state index in [0.29, 0.717) is 19.0 Å². The number of nitrogens with one attached hydrogen (secondary N) is 2. The second-order valence-corrected chi connectivity index (χ2v) is 7.11. The van der Waals surface area contributed by atoms with Gasteiger partial charge in [0.15, 0.2) is 5.82 Å². The smallest absolute Gasteiger partial charge is 0.228 e. The van der Waals surface area contributed by atoms with Gasteiger partial charge in [-0.3, -0.25) is 9.89 Å². The number of ether oxygens (including phenoxy) is 1. The molecule has 0 radical (unpaired) electrons. The van der Waals surface area contributed by atoms with Gasteiger partial charge in [0.1, 0.15) is 0 Å². The third-order valence-electron chi connectivity index (χ3n) is 3.26. The van der Waals surface area contributed by atoms with Crippen molar-refractivity contribution in [3.05, 3.63) is 22.0 Å². The van der Waals surface area contributed by atoms with Gasteiger partial charge in [-0.1, -0.05) is 0 Å². The van der Waals surface area contributed by atoms with Crippen LogP contribution in [0.5, 0.6) is 0 Å². The fourth-order valence-electron chi connectivity index (χ4n) is 2.16. The van der Waals surface area contributed by atoms with E-state index in [4.69, 9.17) is 4.74 Å². The van der Waals surface area contributed by atoms with Crippen LogP contribution in [0.25, 0.3) is 10.6 Å². The largest absolute Gasteiger partial charge is 0.381 e. The van der Waals surface area contributed by atoms with Crippen molar-refractivity contribution in [2.45, 2.75) is 12.8 Å². The third kappa shape index (κ3) is 3.11. The second kappa shape index (κ2) is 6.07. The first-order valence-corrected chi connectivity index (χ1v) is 8.03. The summed E-state index contributed by atoms with van der Waals surface area (Å²) < 4.78 is 6.32. The van der Waals surface area contributed by atoms with Crippen molar-refractivity contribution >= 4 is 39.0 Å². The number of aromatic amines is 1. The maximum Gasteiger partial charge on any atom is 0.228 e. The predicted octanol–water partition coefficient (Wildman–Crippen LogP) is 3.27. The Labute approximate surface area is 128 Å². The molecule has 2 aromatic heterocycles. The Balaban J connectivity index is 1.66. The number of rotatable bonds is 3. The van der Waals surface area contributed by atoms with Crippen molar-refractivity contribution in [2.75, 3.05) is 18.5 Å². The molecule has 1 amide bonds. The molecule has 7 heteroatoms. The van der Waals surface area contributed by atoms with Gasteiger partial charge in [0.05, 0.1) is 14.4 Å². The molecule has 3 heterocycles. The van der Waals surface area contributed by atoms with Gasteiger partial charge >= 0.3 is 0 Å². The number of hydrogen-bond acceptors (Lipinski definition) is 4. The summed E-state index contributed by atoms with van der Waals surface area (Å²) in [6.45, 7) is 1.32. The van der Waals surface area contributed by atoms with E-state index in [2.05, 4.69) is 31.4 Å². The molecule has 0 aromatic carbocycles. The molecule has 1 aliphatic heterocycles. The van der Waals surface area contributed by atoms with E-state index in [1.807, 2.05) is 18.2 Å². The van der Waals surface area contributed by atoms with Gasteiger partial charge in [0, 0.05) is 25.2 Å². The van der Waals surface area contributed by atoms with Crippen LogP contribution in [0.3, 0.4) is 0 Å². The number of amides is 1. The Morgan fingerprint density at radius 2 is 2.25 bits per heavy atom. The summed E-state index contributed by atoms with van der Waals surface area (Å²) in [6.07, 6.45) is 1.56. The van der Waals surface area contributed by atoms with Crippen LogP contribution in [-0.2, 0) is 9.53 Å². The standard InChI is InChI=1S/C13H14BrN3O2S/c14-11-2-1-10(20-11)9-7-12(17-16-9)15-13(18)8-3-5-19-6-4-8/h1-2,7-8H,3-6H2,(H2,15,16,17,18). The first kappa shape index (κ1) is 13.8. The number of anilines is 1. The van der Waals surface area contributed by atoms with E-state index in [1.54, 1.807) is 11.3 Å². The van der Waals surface area contributed by atoms with Gasteiger partial charge in [-0.25, -0.2) is 0 Å². The lowest BCUT2D eigenvalue weighted by Gasteiger charge is -2.20. The quantitative estimate of drug-likeness (QED) is 0.887. The zero-order chi connectivity index (χ0) is 13.9. The van der Waals surface area contributed by atoms with E-state index in [9.17, 15) is 4.79 Å². The number of aromatic nitrogens is 2. The Bertz CT molecular complexity index is 604. The summed E-state index contributed by atoms with van der Waals surface area (Å²) in [7, 11) is 0. The first-order valence-electron chi connectivity index (χ1n) is 6.42. The summed E-state index contributed by atoms with van der Waals surface area (Å²) >= 11 is 5.05. The van der Waals surface area contributed by atoms with Crippen molar-refractivity contribution in [3.63, 3.8) is 0 Å². The highest BCUT2D eigenvalue weighted by Gasteiger charge is 2.22. The van der Waals surface area contributed by atoms with Crippen molar-refractivity contribution in [3.8, 4) is 10.6 Å². The predicted molar refractivity (Wildman–Crippen MR) is 81.8 cm³/mol. The number of halogens is 1. The van der Waals surface area contributed by atoms with Crippen LogP contribution >= 0.6 is 27.3 Å². The average molecular weight is 356 g/mol. The average Bonchev–Trinajstić information content (AvgIpc) is 3.09. The third-order valence-corrected chi connectivity index (χ3v) is 4.92. The molecule has 2 N–H and O–H groups in total. The van der Waals surface area contributed by atoms with Crippen LogP contribution in [0.1, 0.15) is 12.8 Å². The molecule has 0 bridgehead atoms. The number of nitrogens with zero attached hydrogens (tertiary/aromatic N) is 1. The molecular formula is C13H14BrN3O2S. The Hall–Kier alpha value is -1.18. The Morgan fingerprint density at radius 1 is 1.45 bits per heavy atom. The van der Waals surface area contributed by atoms with E-state index >= 15 is 0 Å². The van der Waals surface area contributed by atoms with Crippen molar-refractivity contribution in [1.82, 2.24) is 10.2 Å². The zero-order valence-corrected chi connectivity index (χ0v) is 13.1. The lowest BCUT2D eigenvalue weighted by atomic mass is 9.99. The molecular weight excluding hydrogens is 342 g/mol. The Kier molecular flexibility index (Phi) is 4.18. The monoisotopic (exact) mass is 355 g/mol. The summed E-state index contributed by atoms with van der Waals surface area (Å²) in [5.74, 6) is 0.625. The van der Waals surface area contributed by atoms with Gasteiger partial charge in [-0.15, -0.1) is 11.3 Å². The highest BCUT2D eigenvalue weighted by Crippen LogP contribution is 2.31. The second-order valence-electron chi connectivity index (χ2n) is 4.65. The minimum atomic E-state index is 0.0266. The highest BCUT2D eigenvalue weighted by atomic mass is 79.9. The van der Waals surface area contributed by atoms with Gasteiger partial charge in [0.25, 0.3) is 0 Å². The molecule has 0 spiro atoms. The van der Waals surface area contributed by atoms with Gasteiger partial charge in [-0.05, 0) is 40.9 Å². The van der Waals surface area contributed by atoms with Crippen LogP contribution in [0.15, 0.2) is 22.0 Å². The molecule has 1 saturated heterocycles. The summed E-state index contributed by atoms with van der Waals surface area (Å²) in [5.41, 5.74) is 0.906. The number of hydrogen-bond donors (Lipinski definition) is 2. The molecule has 1 fully saturated rings. The maximum atomic E-state index is 12.1. The van der Waals surface area contributed by atoms with Crippen LogP contribution in [0.4, 0.5) is 5.82 Å². The van der Waals surface area contributed by atoms with Gasteiger partial charge in [0.2, 0.25) is 5.91 Å². The van der Waals surface area contributed by atoms with Crippen molar-refractivity contribution in [1.29, 1.82) is 0 Å². The van der Waals surface area contributed by atoms with E-state index in [0.717, 1.165) is 27.2 Å². The lowest BCUT2D eigenvalue weighted by Crippen LogP contribution is -2.28. The van der Waals surface area contributed by atoms with Crippen LogP contribution < -0.4 is 5.32 Å². The molecule has 106 valence electrons. The minimum Gasteiger partial charge on any atom is -0.381 e. The van der Waals surface area contributed by atoms with Crippen LogP contribution in [0.2, 0.25) is 0 Å². The fraction of sp³-hybridized carbons (Fsp3) is 0.385. The minimum absolute atomic E-state index is 0.0266. The molecule has 0 atom stereocenters. The number of thiophene rings is 1. The number of carbonyl (C=O) groups excluding carboxylic acids is 1. The van der Waals surface area contributed by atoms with Crippen molar-refractivity contribution in [2.24, 2.45) is 5.92 Å². The SMILES string of the molecule is O=C(Nc1cc(-c2ccc(Br)s2)[nH]n1)C1CCOCC1. The molecule has 0 unspecified atom stereocenters. The maximum absolute atomic E-state index is 12.1.